The van der Waals surface area contributed by atoms with Crippen molar-refractivity contribution in [1.82, 2.24) is 19.9 Å². The first-order chi connectivity index (χ1) is 15.5. The van der Waals surface area contributed by atoms with Crippen molar-refractivity contribution in [1.29, 1.82) is 0 Å². The van der Waals surface area contributed by atoms with Crippen LogP contribution in [0.15, 0.2) is 73.1 Å². The Morgan fingerprint density at radius 1 is 0.781 bits per heavy atom. The molecule has 6 heteroatoms. The third kappa shape index (κ3) is 3.46. The molecule has 2 N–H and O–H groups in total. The summed E-state index contributed by atoms with van der Waals surface area (Å²) in [6, 6.07) is 19.3. The molecule has 0 saturated carbocycles. The quantitative estimate of drug-likeness (QED) is 0.401. The minimum Gasteiger partial charge on any atom is -0.360 e. The van der Waals surface area contributed by atoms with Gasteiger partial charge in [-0.15, -0.1) is 0 Å². The van der Waals surface area contributed by atoms with Crippen LogP contribution in [0.1, 0.15) is 21.5 Å². The molecule has 0 aliphatic rings. The maximum Gasteiger partial charge on any atom is 0.258 e. The average molecular weight is 422 g/mol. The Bertz CT molecular complexity index is 1420. The van der Waals surface area contributed by atoms with Crippen LogP contribution in [-0.4, -0.2) is 32.9 Å². The molecule has 1 amide bonds. The Hall–Kier alpha value is -4.19. The summed E-state index contributed by atoms with van der Waals surface area (Å²) in [4.78, 5) is 31.1. The van der Waals surface area contributed by atoms with Gasteiger partial charge in [0.05, 0.1) is 22.4 Å². The van der Waals surface area contributed by atoms with Gasteiger partial charge in [-0.05, 0) is 79.6 Å². The number of fused-ring (bicyclic) bond motifs is 1. The fraction of sp³-hybridized carbons (Fsp3) is 0.115. The summed E-state index contributed by atoms with van der Waals surface area (Å²) in [5, 5.41) is 0. The SMILES string of the molecule is Cc1ccc(N(C)C(=O)c2ccc3nc(-c4ccc[nH]4)c(-c4ccc[nH]4)nc3c2)cc1C. The van der Waals surface area contributed by atoms with E-state index in [0.717, 1.165) is 39.5 Å². The summed E-state index contributed by atoms with van der Waals surface area (Å²) in [5.74, 6) is -0.0909. The van der Waals surface area contributed by atoms with Crippen LogP contribution in [-0.2, 0) is 0 Å². The highest BCUT2D eigenvalue weighted by molar-refractivity contribution is 6.07. The normalized spacial score (nSPS) is 11.1. The molecule has 3 heterocycles. The van der Waals surface area contributed by atoms with Crippen molar-refractivity contribution < 1.29 is 4.79 Å². The molecule has 0 bridgehead atoms. The van der Waals surface area contributed by atoms with Crippen LogP contribution < -0.4 is 4.90 Å². The lowest BCUT2D eigenvalue weighted by atomic mass is 10.1. The molecule has 0 saturated heterocycles. The summed E-state index contributed by atoms with van der Waals surface area (Å²) < 4.78 is 0. The van der Waals surface area contributed by atoms with Gasteiger partial charge in [-0.1, -0.05) is 6.07 Å². The Morgan fingerprint density at radius 3 is 2.03 bits per heavy atom. The number of anilines is 1. The molecule has 5 rings (SSSR count). The summed E-state index contributed by atoms with van der Waals surface area (Å²) in [7, 11) is 1.79. The van der Waals surface area contributed by atoms with Crippen molar-refractivity contribution in [2.24, 2.45) is 0 Å². The minimum absolute atomic E-state index is 0.0909. The lowest BCUT2D eigenvalue weighted by molar-refractivity contribution is 0.0993. The van der Waals surface area contributed by atoms with E-state index in [1.165, 1.54) is 5.56 Å². The van der Waals surface area contributed by atoms with Gasteiger partial charge in [-0.3, -0.25) is 4.79 Å². The molecule has 0 spiro atoms. The number of aromatic nitrogens is 4. The molecule has 0 atom stereocenters. The van der Waals surface area contributed by atoms with E-state index in [9.17, 15) is 4.79 Å². The van der Waals surface area contributed by atoms with Crippen LogP contribution in [0.25, 0.3) is 33.8 Å². The van der Waals surface area contributed by atoms with Gasteiger partial charge in [0.15, 0.2) is 0 Å². The van der Waals surface area contributed by atoms with E-state index < -0.39 is 0 Å². The second-order valence-electron chi connectivity index (χ2n) is 7.92. The fourth-order valence-electron chi connectivity index (χ4n) is 3.76. The highest BCUT2D eigenvalue weighted by atomic mass is 16.2. The first-order valence-corrected chi connectivity index (χ1v) is 10.5. The number of nitrogens with one attached hydrogen (secondary N) is 2. The molecule has 0 fully saturated rings. The van der Waals surface area contributed by atoms with Crippen molar-refractivity contribution in [2.75, 3.05) is 11.9 Å². The van der Waals surface area contributed by atoms with Gasteiger partial charge in [0.1, 0.15) is 11.4 Å². The zero-order valence-corrected chi connectivity index (χ0v) is 18.2. The van der Waals surface area contributed by atoms with E-state index in [1.54, 1.807) is 11.9 Å². The lowest BCUT2D eigenvalue weighted by Crippen LogP contribution is -2.26. The highest BCUT2D eigenvalue weighted by Gasteiger charge is 2.18. The average Bonchev–Trinajstić information content (AvgIpc) is 3.53. The molecule has 0 aliphatic carbocycles. The number of benzene rings is 2. The lowest BCUT2D eigenvalue weighted by Gasteiger charge is -2.19. The fourth-order valence-corrected chi connectivity index (χ4v) is 3.76. The zero-order valence-electron chi connectivity index (χ0n) is 18.2. The van der Waals surface area contributed by atoms with E-state index >= 15 is 0 Å². The van der Waals surface area contributed by atoms with Gasteiger partial charge in [0.25, 0.3) is 5.91 Å². The summed E-state index contributed by atoms with van der Waals surface area (Å²) >= 11 is 0. The molecule has 2 aromatic carbocycles. The van der Waals surface area contributed by atoms with Crippen molar-refractivity contribution in [3.8, 4) is 22.8 Å². The number of carbonyl (C=O) groups excluding carboxylic acids is 1. The van der Waals surface area contributed by atoms with Crippen molar-refractivity contribution >= 4 is 22.6 Å². The number of rotatable bonds is 4. The van der Waals surface area contributed by atoms with Crippen molar-refractivity contribution in [2.45, 2.75) is 13.8 Å². The maximum atomic E-state index is 13.2. The third-order valence-electron chi connectivity index (χ3n) is 5.80. The molecular weight excluding hydrogens is 398 g/mol. The number of carbonyl (C=O) groups is 1. The smallest absolute Gasteiger partial charge is 0.258 e. The highest BCUT2D eigenvalue weighted by Crippen LogP contribution is 2.30. The van der Waals surface area contributed by atoms with Crippen LogP contribution in [0.5, 0.6) is 0 Å². The zero-order chi connectivity index (χ0) is 22.2. The molecule has 3 aromatic heterocycles. The van der Waals surface area contributed by atoms with Gasteiger partial charge in [-0.2, -0.15) is 0 Å². The summed E-state index contributed by atoms with van der Waals surface area (Å²) in [6.45, 7) is 4.11. The molecule has 0 unspecified atom stereocenters. The molecular formula is C26H23N5O. The Labute approximate surface area is 186 Å². The summed E-state index contributed by atoms with van der Waals surface area (Å²) in [6.07, 6.45) is 3.72. The minimum atomic E-state index is -0.0909. The number of aryl methyl sites for hydroxylation is 2. The molecule has 32 heavy (non-hydrogen) atoms. The third-order valence-corrected chi connectivity index (χ3v) is 5.80. The first-order valence-electron chi connectivity index (χ1n) is 10.5. The Balaban J connectivity index is 1.58. The second kappa shape index (κ2) is 7.81. The van der Waals surface area contributed by atoms with Gasteiger partial charge in [-0.25, -0.2) is 9.97 Å². The largest absolute Gasteiger partial charge is 0.360 e. The number of hydrogen-bond acceptors (Lipinski definition) is 3. The van der Waals surface area contributed by atoms with E-state index in [1.807, 2.05) is 80.0 Å². The first kappa shape index (κ1) is 19.8. The standard InChI is InChI=1S/C26H23N5O/c1-16-8-10-19(14-17(16)2)31(3)26(32)18-9-11-20-23(15-18)30-25(22-7-5-13-28-22)24(29-20)21-6-4-12-27-21/h4-15,27-28H,1-3H3. The topological polar surface area (TPSA) is 77.7 Å². The maximum absolute atomic E-state index is 13.2. The molecule has 158 valence electrons. The van der Waals surface area contributed by atoms with Gasteiger partial charge in [0, 0.05) is 30.7 Å². The van der Waals surface area contributed by atoms with Crippen LogP contribution in [0, 0.1) is 13.8 Å². The van der Waals surface area contributed by atoms with Crippen LogP contribution in [0.3, 0.4) is 0 Å². The van der Waals surface area contributed by atoms with Crippen LogP contribution >= 0.6 is 0 Å². The molecule has 6 nitrogen and oxygen atoms in total. The van der Waals surface area contributed by atoms with Gasteiger partial charge < -0.3 is 14.9 Å². The molecule has 0 radical (unpaired) electrons. The second-order valence-corrected chi connectivity index (χ2v) is 7.92. The van der Waals surface area contributed by atoms with Crippen molar-refractivity contribution in [3.63, 3.8) is 0 Å². The van der Waals surface area contributed by atoms with Crippen LogP contribution in [0.4, 0.5) is 5.69 Å². The number of H-pyrrole nitrogens is 2. The predicted octanol–water partition coefficient (Wildman–Crippen LogP) is 5.51. The summed E-state index contributed by atoms with van der Waals surface area (Å²) in [5.41, 5.74) is 8.43. The Kier molecular flexibility index (Phi) is 4.82. The van der Waals surface area contributed by atoms with E-state index in [2.05, 4.69) is 16.9 Å². The van der Waals surface area contributed by atoms with Crippen molar-refractivity contribution in [3.05, 3.63) is 89.7 Å². The van der Waals surface area contributed by atoms with Gasteiger partial charge >= 0.3 is 0 Å². The Morgan fingerprint density at radius 2 is 1.44 bits per heavy atom. The van der Waals surface area contributed by atoms with E-state index in [0.29, 0.717) is 11.1 Å². The monoisotopic (exact) mass is 421 g/mol. The number of nitrogens with zero attached hydrogens (tertiary/aromatic N) is 3. The number of aromatic amines is 2. The van der Waals surface area contributed by atoms with E-state index in [4.69, 9.17) is 9.97 Å². The number of amides is 1. The number of hydrogen-bond donors (Lipinski definition) is 2. The molecule has 5 aromatic rings. The van der Waals surface area contributed by atoms with Crippen LogP contribution in [0.2, 0.25) is 0 Å². The molecule has 0 aliphatic heterocycles. The van der Waals surface area contributed by atoms with E-state index in [-0.39, 0.29) is 5.91 Å². The van der Waals surface area contributed by atoms with Gasteiger partial charge in [0.2, 0.25) is 0 Å². The predicted molar refractivity (Wildman–Crippen MR) is 128 cm³/mol.